The molecule has 0 aliphatic carbocycles. The molecule has 0 saturated carbocycles. The lowest BCUT2D eigenvalue weighted by Crippen LogP contribution is -2.39. The Hall–Kier alpha value is -3.02. The van der Waals surface area contributed by atoms with E-state index < -0.39 is 0 Å². The summed E-state index contributed by atoms with van der Waals surface area (Å²) in [6.07, 6.45) is 5.51. The Kier molecular flexibility index (Phi) is 8.12. The zero-order valence-electron chi connectivity index (χ0n) is 18.3. The number of hydrogen-bond acceptors (Lipinski definition) is 3. The number of guanidine groups is 1. The van der Waals surface area contributed by atoms with Crippen molar-refractivity contribution in [3.8, 4) is 0 Å². The number of aliphatic imine (C=N–C) groups is 1. The Bertz CT molecular complexity index is 913. The highest BCUT2D eigenvalue weighted by Gasteiger charge is 2.08. The van der Waals surface area contributed by atoms with Gasteiger partial charge in [0, 0.05) is 38.8 Å². The van der Waals surface area contributed by atoms with Gasteiger partial charge in [-0.25, -0.2) is 0 Å². The van der Waals surface area contributed by atoms with Crippen LogP contribution in [0.4, 0.5) is 0 Å². The summed E-state index contributed by atoms with van der Waals surface area (Å²) in [4.78, 5) is 4.79. The van der Waals surface area contributed by atoms with Gasteiger partial charge in [0.1, 0.15) is 5.76 Å². The van der Waals surface area contributed by atoms with Crippen molar-refractivity contribution in [3.05, 3.63) is 77.0 Å². The van der Waals surface area contributed by atoms with Crippen molar-refractivity contribution in [1.82, 2.24) is 20.4 Å². The van der Waals surface area contributed by atoms with E-state index in [9.17, 15) is 0 Å². The fourth-order valence-electron chi connectivity index (χ4n) is 3.53. The SMILES string of the molecule is Cc1nn(C)c(C)c1CCCN=C(NCCc1ccccc1)NCCc1ccco1. The summed E-state index contributed by atoms with van der Waals surface area (Å²) in [6, 6.07) is 14.4. The normalized spacial score (nSPS) is 11.6. The second-order valence-corrected chi connectivity index (χ2v) is 7.53. The van der Waals surface area contributed by atoms with Crippen LogP contribution in [0, 0.1) is 13.8 Å². The molecule has 2 N–H and O–H groups in total. The number of furan rings is 1. The molecule has 0 atom stereocenters. The largest absolute Gasteiger partial charge is 0.469 e. The first kappa shape index (κ1) is 21.7. The molecule has 160 valence electrons. The summed E-state index contributed by atoms with van der Waals surface area (Å²) in [5, 5.41) is 11.4. The number of aryl methyl sites for hydroxylation is 2. The molecule has 6 heteroatoms. The number of aromatic nitrogens is 2. The first-order valence-electron chi connectivity index (χ1n) is 10.7. The average Bonchev–Trinajstić information content (AvgIpc) is 3.34. The molecule has 1 aromatic carbocycles. The van der Waals surface area contributed by atoms with Gasteiger partial charge in [0.05, 0.1) is 12.0 Å². The molecule has 0 fully saturated rings. The lowest BCUT2D eigenvalue weighted by atomic mass is 10.1. The van der Waals surface area contributed by atoms with E-state index in [1.54, 1.807) is 6.26 Å². The third-order valence-electron chi connectivity index (χ3n) is 5.31. The smallest absolute Gasteiger partial charge is 0.191 e. The average molecular weight is 408 g/mol. The van der Waals surface area contributed by atoms with Gasteiger partial charge in [0.15, 0.2) is 5.96 Å². The third kappa shape index (κ3) is 6.51. The summed E-state index contributed by atoms with van der Waals surface area (Å²) in [7, 11) is 2.00. The fraction of sp³-hybridized carbons (Fsp3) is 0.417. The van der Waals surface area contributed by atoms with E-state index in [-0.39, 0.29) is 0 Å². The predicted molar refractivity (Wildman–Crippen MR) is 122 cm³/mol. The molecule has 0 unspecified atom stereocenters. The molecule has 30 heavy (non-hydrogen) atoms. The minimum atomic E-state index is 0.773. The molecule has 2 heterocycles. The molecule has 6 nitrogen and oxygen atoms in total. The molecule has 0 saturated heterocycles. The minimum absolute atomic E-state index is 0.773. The van der Waals surface area contributed by atoms with Crippen molar-refractivity contribution in [2.45, 2.75) is 39.5 Å². The number of benzene rings is 1. The predicted octanol–water partition coefficient (Wildman–Crippen LogP) is 3.58. The Morgan fingerprint density at radius 2 is 1.77 bits per heavy atom. The van der Waals surface area contributed by atoms with Gasteiger partial charge in [-0.1, -0.05) is 30.3 Å². The Balaban J connectivity index is 1.50. The summed E-state index contributed by atoms with van der Waals surface area (Å²) in [5.74, 6) is 1.84. The van der Waals surface area contributed by atoms with E-state index in [1.165, 1.54) is 16.8 Å². The van der Waals surface area contributed by atoms with Gasteiger partial charge >= 0.3 is 0 Å². The van der Waals surface area contributed by atoms with Crippen LogP contribution in [-0.2, 0) is 26.3 Å². The number of hydrogen-bond donors (Lipinski definition) is 2. The van der Waals surface area contributed by atoms with E-state index in [1.807, 2.05) is 29.9 Å². The van der Waals surface area contributed by atoms with Crippen molar-refractivity contribution in [2.75, 3.05) is 19.6 Å². The Morgan fingerprint density at radius 1 is 1.00 bits per heavy atom. The van der Waals surface area contributed by atoms with Crippen molar-refractivity contribution < 1.29 is 4.42 Å². The molecule has 0 amide bonds. The molecule has 0 bridgehead atoms. The van der Waals surface area contributed by atoms with Crippen LogP contribution in [0.1, 0.15) is 34.7 Å². The summed E-state index contributed by atoms with van der Waals surface area (Å²) in [6.45, 7) is 6.61. The van der Waals surface area contributed by atoms with Crippen LogP contribution in [-0.4, -0.2) is 35.4 Å². The van der Waals surface area contributed by atoms with Gasteiger partial charge in [-0.2, -0.15) is 5.10 Å². The van der Waals surface area contributed by atoms with Crippen LogP contribution in [0.15, 0.2) is 58.1 Å². The zero-order chi connectivity index (χ0) is 21.2. The van der Waals surface area contributed by atoms with Gasteiger partial charge in [-0.3, -0.25) is 9.67 Å². The van der Waals surface area contributed by atoms with Crippen molar-refractivity contribution in [3.63, 3.8) is 0 Å². The highest BCUT2D eigenvalue weighted by atomic mass is 16.3. The maximum Gasteiger partial charge on any atom is 0.191 e. The zero-order valence-corrected chi connectivity index (χ0v) is 18.3. The van der Waals surface area contributed by atoms with Gasteiger partial charge in [-0.15, -0.1) is 0 Å². The highest BCUT2D eigenvalue weighted by Crippen LogP contribution is 2.13. The first-order valence-corrected chi connectivity index (χ1v) is 10.7. The van der Waals surface area contributed by atoms with Crippen LogP contribution in [0.3, 0.4) is 0 Å². The van der Waals surface area contributed by atoms with Crippen LogP contribution < -0.4 is 10.6 Å². The second kappa shape index (κ2) is 11.2. The minimum Gasteiger partial charge on any atom is -0.469 e. The molecule has 0 aliphatic heterocycles. The standard InChI is InChI=1S/C24H33N5O/c1-19-23(20(2)29(3)28-19)12-7-15-25-24(27-17-14-22-11-8-18-30-22)26-16-13-21-9-5-4-6-10-21/h4-6,8-11,18H,7,12-17H2,1-3H3,(H2,25,26,27). The van der Waals surface area contributed by atoms with Gasteiger partial charge in [0.25, 0.3) is 0 Å². The monoisotopic (exact) mass is 407 g/mol. The molecule has 2 aromatic heterocycles. The van der Waals surface area contributed by atoms with Crippen molar-refractivity contribution >= 4 is 5.96 Å². The topological polar surface area (TPSA) is 67.4 Å². The third-order valence-corrected chi connectivity index (χ3v) is 5.31. The van der Waals surface area contributed by atoms with Gasteiger partial charge < -0.3 is 15.1 Å². The lowest BCUT2D eigenvalue weighted by Gasteiger charge is -2.12. The maximum atomic E-state index is 5.42. The van der Waals surface area contributed by atoms with E-state index >= 15 is 0 Å². The number of nitrogens with zero attached hydrogens (tertiary/aromatic N) is 3. The first-order chi connectivity index (χ1) is 14.6. The van der Waals surface area contributed by atoms with Crippen LogP contribution in [0.25, 0.3) is 0 Å². The van der Waals surface area contributed by atoms with E-state index in [0.717, 1.165) is 62.7 Å². The molecule has 0 aliphatic rings. The van der Waals surface area contributed by atoms with Crippen molar-refractivity contribution in [2.24, 2.45) is 12.0 Å². The lowest BCUT2D eigenvalue weighted by molar-refractivity contribution is 0.506. The molecule has 3 aromatic rings. The molecule has 0 radical (unpaired) electrons. The Morgan fingerprint density at radius 3 is 2.43 bits per heavy atom. The number of nitrogens with one attached hydrogen (secondary N) is 2. The second-order valence-electron chi connectivity index (χ2n) is 7.53. The van der Waals surface area contributed by atoms with Crippen molar-refractivity contribution in [1.29, 1.82) is 0 Å². The fourth-order valence-corrected chi connectivity index (χ4v) is 3.53. The van der Waals surface area contributed by atoms with Crippen LogP contribution >= 0.6 is 0 Å². The number of rotatable bonds is 10. The van der Waals surface area contributed by atoms with Gasteiger partial charge in [-0.05, 0) is 56.4 Å². The van der Waals surface area contributed by atoms with E-state index in [4.69, 9.17) is 9.41 Å². The Labute approximate surface area is 179 Å². The highest BCUT2D eigenvalue weighted by molar-refractivity contribution is 5.79. The molecule has 0 spiro atoms. The van der Waals surface area contributed by atoms with Crippen LogP contribution in [0.5, 0.6) is 0 Å². The quantitative estimate of drug-likeness (QED) is 0.306. The maximum absolute atomic E-state index is 5.42. The van der Waals surface area contributed by atoms with Gasteiger partial charge in [0.2, 0.25) is 0 Å². The van der Waals surface area contributed by atoms with E-state index in [2.05, 4.69) is 53.8 Å². The summed E-state index contributed by atoms with van der Waals surface area (Å²) in [5.41, 5.74) is 5.03. The van der Waals surface area contributed by atoms with E-state index in [0.29, 0.717) is 0 Å². The molecule has 3 rings (SSSR count). The summed E-state index contributed by atoms with van der Waals surface area (Å²) >= 11 is 0. The summed E-state index contributed by atoms with van der Waals surface area (Å²) < 4.78 is 7.38. The molecular formula is C24H33N5O. The van der Waals surface area contributed by atoms with Crippen LogP contribution in [0.2, 0.25) is 0 Å². The molecular weight excluding hydrogens is 374 g/mol.